The molecule has 0 aliphatic carbocycles. The Bertz CT molecular complexity index is 671. The first-order chi connectivity index (χ1) is 11.2. The number of anilines is 1. The lowest BCUT2D eigenvalue weighted by Gasteiger charge is -2.27. The molecule has 1 aliphatic heterocycles. The SMILES string of the molecule is Cc1cc(CNC(=O)c2ccncc2)nc(N2CCOCC2)n1. The van der Waals surface area contributed by atoms with Gasteiger partial charge in [-0.25, -0.2) is 9.97 Å². The lowest BCUT2D eigenvalue weighted by atomic mass is 10.2. The lowest BCUT2D eigenvalue weighted by Crippen LogP contribution is -2.37. The molecular weight excluding hydrogens is 294 g/mol. The van der Waals surface area contributed by atoms with E-state index < -0.39 is 0 Å². The van der Waals surface area contributed by atoms with E-state index in [1.807, 2.05) is 13.0 Å². The van der Waals surface area contributed by atoms with Gasteiger partial charge < -0.3 is 15.0 Å². The molecule has 0 bridgehead atoms. The predicted molar refractivity (Wildman–Crippen MR) is 85.2 cm³/mol. The maximum atomic E-state index is 12.1. The first kappa shape index (κ1) is 15.4. The van der Waals surface area contributed by atoms with E-state index in [4.69, 9.17) is 4.74 Å². The molecule has 0 aromatic carbocycles. The fraction of sp³-hybridized carbons (Fsp3) is 0.375. The summed E-state index contributed by atoms with van der Waals surface area (Å²) in [4.78, 5) is 27.1. The summed E-state index contributed by atoms with van der Waals surface area (Å²) in [6.45, 7) is 5.23. The second kappa shape index (κ2) is 7.15. The molecule has 120 valence electrons. The summed E-state index contributed by atoms with van der Waals surface area (Å²) in [5, 5.41) is 2.87. The fourth-order valence-corrected chi connectivity index (χ4v) is 2.39. The van der Waals surface area contributed by atoms with Crippen LogP contribution in [0, 0.1) is 6.92 Å². The van der Waals surface area contributed by atoms with E-state index in [0.29, 0.717) is 31.3 Å². The third-order valence-corrected chi connectivity index (χ3v) is 3.56. The molecule has 3 heterocycles. The molecule has 2 aromatic rings. The molecule has 1 saturated heterocycles. The minimum atomic E-state index is -0.142. The number of ether oxygens (including phenoxy) is 1. The van der Waals surface area contributed by atoms with Crippen LogP contribution in [0.5, 0.6) is 0 Å². The van der Waals surface area contributed by atoms with Gasteiger partial charge in [0.1, 0.15) is 0 Å². The van der Waals surface area contributed by atoms with Gasteiger partial charge in [-0.3, -0.25) is 9.78 Å². The number of nitrogens with zero attached hydrogens (tertiary/aromatic N) is 4. The summed E-state index contributed by atoms with van der Waals surface area (Å²) in [7, 11) is 0. The Balaban J connectivity index is 1.68. The van der Waals surface area contributed by atoms with Crippen LogP contribution in [0.3, 0.4) is 0 Å². The Morgan fingerprint density at radius 2 is 2.00 bits per heavy atom. The molecule has 7 heteroatoms. The summed E-state index contributed by atoms with van der Waals surface area (Å²) >= 11 is 0. The molecule has 0 radical (unpaired) electrons. The number of nitrogens with one attached hydrogen (secondary N) is 1. The predicted octanol–water partition coefficient (Wildman–Crippen LogP) is 0.947. The van der Waals surface area contributed by atoms with E-state index in [1.54, 1.807) is 24.5 Å². The van der Waals surface area contributed by atoms with Crippen molar-refractivity contribution in [1.29, 1.82) is 0 Å². The Labute approximate surface area is 134 Å². The van der Waals surface area contributed by atoms with Gasteiger partial charge in [-0.15, -0.1) is 0 Å². The first-order valence-electron chi connectivity index (χ1n) is 7.58. The van der Waals surface area contributed by atoms with E-state index in [-0.39, 0.29) is 5.91 Å². The Kier molecular flexibility index (Phi) is 4.77. The number of hydrogen-bond donors (Lipinski definition) is 1. The Hall–Kier alpha value is -2.54. The molecule has 7 nitrogen and oxygen atoms in total. The highest BCUT2D eigenvalue weighted by atomic mass is 16.5. The molecule has 2 aromatic heterocycles. The van der Waals surface area contributed by atoms with Crippen LogP contribution in [-0.4, -0.2) is 47.2 Å². The van der Waals surface area contributed by atoms with Crippen LogP contribution in [0.1, 0.15) is 21.7 Å². The molecule has 0 spiro atoms. The zero-order valence-electron chi connectivity index (χ0n) is 13.0. The number of morpholine rings is 1. The van der Waals surface area contributed by atoms with Crippen molar-refractivity contribution in [1.82, 2.24) is 20.3 Å². The second-order valence-electron chi connectivity index (χ2n) is 5.32. The van der Waals surface area contributed by atoms with Crippen molar-refractivity contribution in [3.05, 3.63) is 47.5 Å². The molecule has 0 saturated carbocycles. The second-order valence-corrected chi connectivity index (χ2v) is 5.32. The van der Waals surface area contributed by atoms with Gasteiger partial charge in [0.2, 0.25) is 5.95 Å². The fourth-order valence-electron chi connectivity index (χ4n) is 2.39. The monoisotopic (exact) mass is 313 g/mol. The molecule has 0 atom stereocenters. The molecule has 1 aliphatic rings. The van der Waals surface area contributed by atoms with E-state index >= 15 is 0 Å². The third-order valence-electron chi connectivity index (χ3n) is 3.56. The van der Waals surface area contributed by atoms with Crippen molar-refractivity contribution in [3.63, 3.8) is 0 Å². The van der Waals surface area contributed by atoms with Crippen molar-refractivity contribution >= 4 is 11.9 Å². The molecule has 1 N–H and O–H groups in total. The summed E-state index contributed by atoms with van der Waals surface area (Å²) in [5.74, 6) is 0.554. The van der Waals surface area contributed by atoms with Gasteiger partial charge in [0.05, 0.1) is 25.5 Å². The summed E-state index contributed by atoms with van der Waals surface area (Å²) < 4.78 is 5.35. The number of rotatable bonds is 4. The average Bonchev–Trinajstić information content (AvgIpc) is 2.61. The normalized spacial score (nSPS) is 14.6. The van der Waals surface area contributed by atoms with Crippen molar-refractivity contribution in [2.45, 2.75) is 13.5 Å². The average molecular weight is 313 g/mol. The van der Waals surface area contributed by atoms with Gasteiger partial charge in [-0.05, 0) is 25.1 Å². The van der Waals surface area contributed by atoms with E-state index in [1.165, 1.54) is 0 Å². The molecule has 1 fully saturated rings. The van der Waals surface area contributed by atoms with Gasteiger partial charge in [0.25, 0.3) is 5.91 Å². The van der Waals surface area contributed by atoms with Crippen LogP contribution >= 0.6 is 0 Å². The van der Waals surface area contributed by atoms with Crippen LogP contribution in [0.2, 0.25) is 0 Å². The maximum Gasteiger partial charge on any atom is 0.251 e. The number of carbonyl (C=O) groups is 1. The zero-order valence-corrected chi connectivity index (χ0v) is 13.0. The minimum absolute atomic E-state index is 0.142. The number of carbonyl (C=O) groups excluding carboxylic acids is 1. The van der Waals surface area contributed by atoms with Crippen molar-refractivity contribution in [2.75, 3.05) is 31.2 Å². The summed E-state index contributed by atoms with van der Waals surface area (Å²) in [6.07, 6.45) is 3.20. The lowest BCUT2D eigenvalue weighted by molar-refractivity contribution is 0.0950. The molecule has 3 rings (SSSR count). The van der Waals surface area contributed by atoms with Gasteiger partial charge in [0.15, 0.2) is 0 Å². The largest absolute Gasteiger partial charge is 0.378 e. The number of aryl methyl sites for hydroxylation is 1. The topological polar surface area (TPSA) is 80.2 Å². The molecule has 23 heavy (non-hydrogen) atoms. The van der Waals surface area contributed by atoms with Crippen molar-refractivity contribution in [2.24, 2.45) is 0 Å². The standard InChI is InChI=1S/C16H19N5O2/c1-12-10-14(11-18-15(22)13-2-4-17-5-3-13)20-16(19-12)21-6-8-23-9-7-21/h2-5,10H,6-9,11H2,1H3,(H,18,22). The number of amides is 1. The molecule has 1 amide bonds. The molecular formula is C16H19N5O2. The van der Waals surface area contributed by atoms with Gasteiger partial charge >= 0.3 is 0 Å². The smallest absolute Gasteiger partial charge is 0.251 e. The summed E-state index contributed by atoms with van der Waals surface area (Å²) in [6, 6.07) is 5.25. The van der Waals surface area contributed by atoms with Gasteiger partial charge in [0, 0.05) is 36.7 Å². The van der Waals surface area contributed by atoms with E-state index in [0.717, 1.165) is 24.5 Å². The van der Waals surface area contributed by atoms with E-state index in [9.17, 15) is 4.79 Å². The van der Waals surface area contributed by atoms with Crippen LogP contribution in [0.15, 0.2) is 30.6 Å². The quantitative estimate of drug-likeness (QED) is 0.905. The maximum absolute atomic E-state index is 12.1. The van der Waals surface area contributed by atoms with Crippen LogP contribution in [-0.2, 0) is 11.3 Å². The minimum Gasteiger partial charge on any atom is -0.378 e. The number of hydrogen-bond acceptors (Lipinski definition) is 6. The number of pyridine rings is 1. The Morgan fingerprint density at radius 3 is 2.74 bits per heavy atom. The highest BCUT2D eigenvalue weighted by molar-refractivity contribution is 5.93. The van der Waals surface area contributed by atoms with Crippen molar-refractivity contribution in [3.8, 4) is 0 Å². The number of aromatic nitrogens is 3. The molecule has 0 unspecified atom stereocenters. The Morgan fingerprint density at radius 1 is 1.26 bits per heavy atom. The summed E-state index contributed by atoms with van der Waals surface area (Å²) in [5.41, 5.74) is 2.26. The van der Waals surface area contributed by atoms with E-state index in [2.05, 4.69) is 25.2 Å². The van der Waals surface area contributed by atoms with Crippen LogP contribution in [0.25, 0.3) is 0 Å². The van der Waals surface area contributed by atoms with Gasteiger partial charge in [-0.2, -0.15) is 0 Å². The van der Waals surface area contributed by atoms with Crippen LogP contribution in [0.4, 0.5) is 5.95 Å². The first-order valence-corrected chi connectivity index (χ1v) is 7.58. The van der Waals surface area contributed by atoms with Crippen LogP contribution < -0.4 is 10.2 Å². The zero-order chi connectivity index (χ0) is 16.1. The highest BCUT2D eigenvalue weighted by Crippen LogP contribution is 2.12. The third kappa shape index (κ3) is 4.01. The highest BCUT2D eigenvalue weighted by Gasteiger charge is 2.15. The van der Waals surface area contributed by atoms with Gasteiger partial charge in [-0.1, -0.05) is 0 Å². The van der Waals surface area contributed by atoms with Crippen molar-refractivity contribution < 1.29 is 9.53 Å².